The van der Waals surface area contributed by atoms with Crippen LogP contribution in [0.3, 0.4) is 0 Å². The van der Waals surface area contributed by atoms with Crippen LogP contribution in [-0.4, -0.2) is 24.3 Å². The number of para-hydroxylation sites is 2. The van der Waals surface area contributed by atoms with E-state index >= 15 is 0 Å². The number of pyridine rings is 2. The Kier molecular flexibility index (Phi) is 6.74. The third-order valence-corrected chi connectivity index (χ3v) is 9.65. The second kappa shape index (κ2) is 11.9. The molecule has 0 aliphatic carbocycles. The van der Waals surface area contributed by atoms with Crippen LogP contribution in [0, 0.1) is 0 Å². The SMILES string of the molecule is c1ccc(-c2ccc(-c3nc(-c4ccc(-c5ccc(-c6nc7ccccc7c7nc8ccccn8c67)cc5)cc4)c4ccccc4n3)cc2)cc1. The van der Waals surface area contributed by atoms with Crippen molar-refractivity contribution in [1.29, 1.82) is 0 Å². The van der Waals surface area contributed by atoms with Gasteiger partial charge in [-0.05, 0) is 46.5 Å². The second-order valence-corrected chi connectivity index (χ2v) is 12.7. The van der Waals surface area contributed by atoms with E-state index < -0.39 is 0 Å². The van der Waals surface area contributed by atoms with Crippen LogP contribution in [-0.2, 0) is 0 Å². The van der Waals surface area contributed by atoms with Crippen molar-refractivity contribution in [2.75, 3.05) is 0 Å². The summed E-state index contributed by atoms with van der Waals surface area (Å²) in [5, 5.41) is 2.09. The zero-order valence-electron chi connectivity index (χ0n) is 27.5. The predicted octanol–water partition coefficient (Wildman–Crippen LogP) is 11.3. The quantitative estimate of drug-likeness (QED) is 0.186. The molecule has 5 nitrogen and oxygen atoms in total. The molecule has 6 aromatic carbocycles. The average molecular weight is 652 g/mol. The normalized spacial score (nSPS) is 11.5. The van der Waals surface area contributed by atoms with Gasteiger partial charge in [0.1, 0.15) is 11.2 Å². The lowest BCUT2D eigenvalue weighted by atomic mass is 9.99. The highest BCUT2D eigenvalue weighted by atomic mass is 15.0. The van der Waals surface area contributed by atoms with Gasteiger partial charge in [-0.1, -0.05) is 146 Å². The summed E-state index contributed by atoms with van der Waals surface area (Å²) in [5.74, 6) is 0.713. The number of fused-ring (bicyclic) bond motifs is 6. The molecule has 0 aliphatic heterocycles. The van der Waals surface area contributed by atoms with Gasteiger partial charge in [-0.25, -0.2) is 19.9 Å². The number of rotatable bonds is 5. The fourth-order valence-corrected chi connectivity index (χ4v) is 7.07. The van der Waals surface area contributed by atoms with Crippen molar-refractivity contribution >= 4 is 38.5 Å². The summed E-state index contributed by atoms with van der Waals surface area (Å²) in [6, 6.07) is 58.8. The molecule has 0 bridgehead atoms. The number of benzene rings is 6. The van der Waals surface area contributed by atoms with E-state index in [4.69, 9.17) is 19.9 Å². The molecule has 5 heteroatoms. The van der Waals surface area contributed by atoms with Gasteiger partial charge in [0, 0.05) is 33.7 Å². The maximum atomic E-state index is 5.14. The standard InChI is InChI=1S/C46H29N5/c1-2-10-30(11-3-1)31-21-27-36(28-22-31)46-48-40-15-7-4-12-37(40)42(50-46)34-23-17-32(18-24-34)33-19-25-35(26-20-33)43-45-44(38-13-5-6-14-39(38)47-43)49-41-16-8-9-29-51(41)45/h1-29H. The van der Waals surface area contributed by atoms with Crippen LogP contribution in [0.2, 0.25) is 0 Å². The third-order valence-electron chi connectivity index (χ3n) is 9.65. The lowest BCUT2D eigenvalue weighted by Crippen LogP contribution is -1.95. The molecule has 4 aromatic heterocycles. The molecule has 0 saturated carbocycles. The molecule has 4 heterocycles. The second-order valence-electron chi connectivity index (χ2n) is 12.7. The van der Waals surface area contributed by atoms with Crippen LogP contribution in [0.1, 0.15) is 0 Å². The number of imidazole rings is 1. The highest BCUT2D eigenvalue weighted by Crippen LogP contribution is 2.35. The van der Waals surface area contributed by atoms with Crippen molar-refractivity contribution in [2.45, 2.75) is 0 Å². The van der Waals surface area contributed by atoms with Crippen LogP contribution in [0.4, 0.5) is 0 Å². The summed E-state index contributed by atoms with van der Waals surface area (Å²) < 4.78 is 2.14. The molecule has 51 heavy (non-hydrogen) atoms. The molecule has 10 rings (SSSR count). The number of hydrogen-bond donors (Lipinski definition) is 0. The zero-order valence-corrected chi connectivity index (χ0v) is 27.5. The van der Waals surface area contributed by atoms with Crippen molar-refractivity contribution in [3.63, 3.8) is 0 Å². The molecular weight excluding hydrogens is 623 g/mol. The summed E-state index contributed by atoms with van der Waals surface area (Å²) in [4.78, 5) is 20.2. The van der Waals surface area contributed by atoms with E-state index in [1.165, 1.54) is 11.1 Å². The fraction of sp³-hybridized carbons (Fsp3) is 0. The van der Waals surface area contributed by atoms with E-state index in [0.29, 0.717) is 5.82 Å². The van der Waals surface area contributed by atoms with Gasteiger partial charge < -0.3 is 0 Å². The van der Waals surface area contributed by atoms with E-state index in [1.54, 1.807) is 0 Å². The molecule has 0 spiro atoms. The number of nitrogens with zero attached hydrogens (tertiary/aromatic N) is 5. The lowest BCUT2D eigenvalue weighted by molar-refractivity contribution is 1.22. The summed E-state index contributed by atoms with van der Waals surface area (Å²) in [6.07, 6.45) is 2.06. The van der Waals surface area contributed by atoms with Crippen LogP contribution < -0.4 is 0 Å². The Balaban J connectivity index is 0.999. The predicted molar refractivity (Wildman–Crippen MR) is 208 cm³/mol. The first-order chi connectivity index (χ1) is 25.3. The van der Waals surface area contributed by atoms with Crippen LogP contribution in [0.25, 0.3) is 94.6 Å². The number of aromatic nitrogens is 5. The Labute approximate surface area is 294 Å². The van der Waals surface area contributed by atoms with Gasteiger partial charge in [0.05, 0.1) is 27.9 Å². The van der Waals surface area contributed by atoms with Crippen LogP contribution >= 0.6 is 0 Å². The average Bonchev–Trinajstić information content (AvgIpc) is 3.61. The van der Waals surface area contributed by atoms with Gasteiger partial charge >= 0.3 is 0 Å². The minimum absolute atomic E-state index is 0.713. The zero-order chi connectivity index (χ0) is 33.7. The van der Waals surface area contributed by atoms with Gasteiger partial charge in [-0.3, -0.25) is 4.40 Å². The molecule has 10 aromatic rings. The minimum atomic E-state index is 0.713. The maximum absolute atomic E-state index is 5.14. The monoisotopic (exact) mass is 651 g/mol. The van der Waals surface area contributed by atoms with Gasteiger partial charge in [-0.15, -0.1) is 0 Å². The van der Waals surface area contributed by atoms with Crippen molar-refractivity contribution in [3.05, 3.63) is 176 Å². The first-order valence-corrected chi connectivity index (χ1v) is 17.1. The first kappa shape index (κ1) is 29.0. The van der Waals surface area contributed by atoms with E-state index in [2.05, 4.69) is 132 Å². The summed E-state index contributed by atoms with van der Waals surface area (Å²) in [5.41, 5.74) is 14.3. The molecule has 0 atom stereocenters. The largest absolute Gasteiger partial charge is 0.298 e. The molecule has 0 N–H and O–H groups in total. The van der Waals surface area contributed by atoms with Gasteiger partial charge in [0.25, 0.3) is 0 Å². The van der Waals surface area contributed by atoms with Crippen molar-refractivity contribution in [2.24, 2.45) is 0 Å². The first-order valence-electron chi connectivity index (χ1n) is 17.1. The third kappa shape index (κ3) is 5.03. The highest BCUT2D eigenvalue weighted by Gasteiger charge is 2.17. The van der Waals surface area contributed by atoms with Gasteiger partial charge in [-0.2, -0.15) is 0 Å². The molecule has 0 amide bonds. The Morgan fingerprint density at radius 2 is 0.843 bits per heavy atom. The minimum Gasteiger partial charge on any atom is -0.298 e. The Hall–Kier alpha value is -6.98. The van der Waals surface area contributed by atoms with E-state index in [-0.39, 0.29) is 0 Å². The van der Waals surface area contributed by atoms with Crippen LogP contribution in [0.15, 0.2) is 176 Å². The lowest BCUT2D eigenvalue weighted by Gasteiger charge is -2.11. The molecule has 0 unspecified atom stereocenters. The summed E-state index contributed by atoms with van der Waals surface area (Å²) in [6.45, 7) is 0. The van der Waals surface area contributed by atoms with E-state index in [1.807, 2.05) is 48.5 Å². The van der Waals surface area contributed by atoms with Crippen molar-refractivity contribution < 1.29 is 0 Å². The molecule has 0 fully saturated rings. The summed E-state index contributed by atoms with van der Waals surface area (Å²) in [7, 11) is 0. The van der Waals surface area contributed by atoms with Crippen molar-refractivity contribution in [3.8, 4) is 56.2 Å². The Bertz CT molecular complexity index is 2880. The molecule has 0 saturated heterocycles. The summed E-state index contributed by atoms with van der Waals surface area (Å²) >= 11 is 0. The molecule has 0 radical (unpaired) electrons. The van der Waals surface area contributed by atoms with Crippen LogP contribution in [0.5, 0.6) is 0 Å². The Morgan fingerprint density at radius 3 is 1.53 bits per heavy atom. The van der Waals surface area contributed by atoms with Crippen molar-refractivity contribution in [1.82, 2.24) is 24.3 Å². The smallest absolute Gasteiger partial charge is 0.160 e. The van der Waals surface area contributed by atoms with E-state index in [9.17, 15) is 0 Å². The topological polar surface area (TPSA) is 56.0 Å². The fourth-order valence-electron chi connectivity index (χ4n) is 7.07. The molecule has 238 valence electrons. The number of hydrogen-bond acceptors (Lipinski definition) is 4. The van der Waals surface area contributed by atoms with Gasteiger partial charge in [0.2, 0.25) is 0 Å². The Morgan fingerprint density at radius 1 is 0.333 bits per heavy atom. The molecular formula is C46H29N5. The van der Waals surface area contributed by atoms with Gasteiger partial charge in [0.15, 0.2) is 5.82 Å². The van der Waals surface area contributed by atoms with E-state index in [0.717, 1.165) is 77.7 Å². The highest BCUT2D eigenvalue weighted by molar-refractivity contribution is 6.09. The maximum Gasteiger partial charge on any atom is 0.160 e. The molecule has 0 aliphatic rings.